The Balaban J connectivity index is 0.000000360. The fraction of sp³-hybridized carbons (Fsp3) is 1.00. The average molecular weight is 214 g/mol. The van der Waals surface area contributed by atoms with Crippen LogP contribution in [-0.2, 0) is 19.5 Å². The third kappa shape index (κ3) is 2.82. The maximum Gasteiger partial charge on any atom is 2.00 e. The molecule has 1 fully saturated rings. The Bertz CT molecular complexity index is 41.3. The van der Waals surface area contributed by atoms with E-state index in [2.05, 4.69) is 15.9 Å². The molecule has 0 atom stereocenters. The fourth-order valence-corrected chi connectivity index (χ4v) is 1.52. The maximum absolute atomic E-state index is 3.54. The Labute approximate surface area is 65.9 Å². The van der Waals surface area contributed by atoms with Crippen molar-refractivity contribution < 1.29 is 19.5 Å². The van der Waals surface area contributed by atoms with Gasteiger partial charge >= 0.3 is 19.5 Å². The molecule has 0 bridgehead atoms. The third-order valence-electron chi connectivity index (χ3n) is 1.28. The maximum atomic E-state index is 3.54. The quantitative estimate of drug-likeness (QED) is 0.429. The summed E-state index contributed by atoms with van der Waals surface area (Å²) in [6, 6.07) is 0. The van der Waals surface area contributed by atoms with Gasteiger partial charge in [0.1, 0.15) is 0 Å². The molecule has 7 heavy (non-hydrogen) atoms. The van der Waals surface area contributed by atoms with E-state index in [1.807, 2.05) is 0 Å². The Morgan fingerprint density at radius 3 is 1.71 bits per heavy atom. The first-order valence-electron chi connectivity index (χ1n) is 2.53. The summed E-state index contributed by atoms with van der Waals surface area (Å²) in [5.41, 5.74) is 0. The minimum atomic E-state index is 0. The molecule has 0 radical (unpaired) electrons. The van der Waals surface area contributed by atoms with Crippen LogP contribution in [0.15, 0.2) is 0 Å². The van der Waals surface area contributed by atoms with Gasteiger partial charge in [-0.05, 0) is 12.8 Å². The number of hydrogen-bond acceptors (Lipinski definition) is 0. The van der Waals surface area contributed by atoms with Crippen molar-refractivity contribution in [2.24, 2.45) is 0 Å². The van der Waals surface area contributed by atoms with Gasteiger partial charge in [0.05, 0.1) is 0 Å². The first-order chi connectivity index (χ1) is 2.89. The van der Waals surface area contributed by atoms with Gasteiger partial charge in [-0.25, -0.2) is 0 Å². The summed E-state index contributed by atoms with van der Waals surface area (Å²) >= 11 is 3.54. The molecule has 0 saturated heterocycles. The smallest absolute Gasteiger partial charge is 0.0891 e. The van der Waals surface area contributed by atoms with E-state index in [1.54, 1.807) is 0 Å². The Kier molecular flexibility index (Phi) is 4.66. The summed E-state index contributed by atoms with van der Waals surface area (Å²) in [4.78, 5) is 0.859. The first kappa shape index (κ1) is 8.10. The second-order valence-electron chi connectivity index (χ2n) is 1.88. The van der Waals surface area contributed by atoms with E-state index in [-0.39, 0.29) is 19.5 Å². The summed E-state index contributed by atoms with van der Waals surface area (Å²) in [7, 11) is 0. The van der Waals surface area contributed by atoms with E-state index in [0.29, 0.717) is 0 Å². The molecule has 0 aromatic rings. The molecule has 0 aliphatic heterocycles. The molecule has 0 heterocycles. The van der Waals surface area contributed by atoms with Crippen molar-refractivity contribution in [2.75, 3.05) is 0 Å². The predicted octanol–water partition coefficient (Wildman–Crippen LogP) is 2.32. The second kappa shape index (κ2) is 4.03. The number of hydrogen-bond donors (Lipinski definition) is 0. The molecule has 1 aliphatic rings. The topological polar surface area (TPSA) is 0 Å². The molecule has 0 nitrogen and oxygen atoms in total. The SMILES string of the molecule is BrC1CCCC1.[Zn+2]. The van der Waals surface area contributed by atoms with Crippen LogP contribution in [0, 0.1) is 0 Å². The molecular weight excluding hydrogens is 205 g/mol. The van der Waals surface area contributed by atoms with Crippen LogP contribution in [0.1, 0.15) is 25.7 Å². The monoisotopic (exact) mass is 212 g/mol. The van der Waals surface area contributed by atoms with E-state index in [0.717, 1.165) is 4.83 Å². The zero-order valence-corrected chi connectivity index (χ0v) is 9.04. The summed E-state index contributed by atoms with van der Waals surface area (Å²) in [5.74, 6) is 0. The van der Waals surface area contributed by atoms with Gasteiger partial charge in [0.2, 0.25) is 0 Å². The van der Waals surface area contributed by atoms with E-state index in [9.17, 15) is 0 Å². The van der Waals surface area contributed by atoms with Gasteiger partial charge in [-0.15, -0.1) is 0 Å². The van der Waals surface area contributed by atoms with Gasteiger partial charge in [-0.3, -0.25) is 0 Å². The van der Waals surface area contributed by atoms with Crippen LogP contribution in [0.5, 0.6) is 0 Å². The van der Waals surface area contributed by atoms with Gasteiger partial charge in [0.15, 0.2) is 0 Å². The molecule has 0 amide bonds. The van der Waals surface area contributed by atoms with Gasteiger partial charge in [0, 0.05) is 4.83 Å². The van der Waals surface area contributed by atoms with Gasteiger partial charge < -0.3 is 0 Å². The normalized spacial score (nSPS) is 21.9. The molecule has 1 rings (SSSR count). The van der Waals surface area contributed by atoms with Crippen molar-refractivity contribution in [2.45, 2.75) is 30.5 Å². The predicted molar refractivity (Wildman–Crippen MR) is 31.2 cm³/mol. The molecule has 2 heteroatoms. The summed E-state index contributed by atoms with van der Waals surface area (Å²) in [6.07, 6.45) is 5.69. The van der Waals surface area contributed by atoms with Crippen molar-refractivity contribution in [3.63, 3.8) is 0 Å². The van der Waals surface area contributed by atoms with Crippen LogP contribution in [0.4, 0.5) is 0 Å². The van der Waals surface area contributed by atoms with Crippen LogP contribution in [-0.4, -0.2) is 4.83 Å². The summed E-state index contributed by atoms with van der Waals surface area (Å²) in [5, 5.41) is 0. The minimum Gasteiger partial charge on any atom is -0.0891 e. The minimum absolute atomic E-state index is 0. The number of halogens is 1. The molecule has 0 aromatic carbocycles. The zero-order chi connectivity index (χ0) is 4.41. The number of alkyl halides is 1. The van der Waals surface area contributed by atoms with E-state index < -0.39 is 0 Å². The standard InChI is InChI=1S/C5H9Br.Zn/c6-5-3-1-2-4-5;/h5H,1-4H2;/q;+2. The second-order valence-corrected chi connectivity index (χ2v) is 3.18. The number of rotatable bonds is 0. The van der Waals surface area contributed by atoms with Crippen molar-refractivity contribution in [3.05, 3.63) is 0 Å². The molecule has 0 spiro atoms. The fourth-order valence-electron chi connectivity index (χ4n) is 0.876. The Hall–Kier alpha value is 1.10. The van der Waals surface area contributed by atoms with Gasteiger partial charge in [0.25, 0.3) is 0 Å². The van der Waals surface area contributed by atoms with E-state index in [4.69, 9.17) is 0 Å². The molecule has 0 aromatic heterocycles. The molecule has 0 unspecified atom stereocenters. The van der Waals surface area contributed by atoms with Crippen LogP contribution in [0.2, 0.25) is 0 Å². The van der Waals surface area contributed by atoms with Crippen molar-refractivity contribution in [1.82, 2.24) is 0 Å². The molecular formula is C5H9BrZn+2. The van der Waals surface area contributed by atoms with Crippen molar-refractivity contribution >= 4 is 15.9 Å². The average Bonchev–Trinajstić information content (AvgIpc) is 1.86. The van der Waals surface area contributed by atoms with Crippen molar-refractivity contribution in [1.29, 1.82) is 0 Å². The third-order valence-corrected chi connectivity index (χ3v) is 2.20. The van der Waals surface area contributed by atoms with Crippen LogP contribution in [0.3, 0.4) is 0 Å². The molecule has 36 valence electrons. The van der Waals surface area contributed by atoms with Gasteiger partial charge in [-0.2, -0.15) is 0 Å². The van der Waals surface area contributed by atoms with E-state index >= 15 is 0 Å². The Morgan fingerprint density at radius 1 is 1.14 bits per heavy atom. The van der Waals surface area contributed by atoms with Crippen LogP contribution in [0.25, 0.3) is 0 Å². The van der Waals surface area contributed by atoms with Gasteiger partial charge in [-0.1, -0.05) is 28.8 Å². The van der Waals surface area contributed by atoms with Crippen molar-refractivity contribution in [3.8, 4) is 0 Å². The first-order valence-corrected chi connectivity index (χ1v) is 3.45. The largest absolute Gasteiger partial charge is 2.00 e. The van der Waals surface area contributed by atoms with Crippen LogP contribution >= 0.6 is 15.9 Å². The van der Waals surface area contributed by atoms with E-state index in [1.165, 1.54) is 25.7 Å². The summed E-state index contributed by atoms with van der Waals surface area (Å²) < 4.78 is 0. The Morgan fingerprint density at radius 2 is 1.57 bits per heavy atom. The molecule has 0 N–H and O–H groups in total. The summed E-state index contributed by atoms with van der Waals surface area (Å²) in [6.45, 7) is 0. The molecule has 1 aliphatic carbocycles. The molecule has 1 saturated carbocycles. The zero-order valence-electron chi connectivity index (χ0n) is 4.49. The van der Waals surface area contributed by atoms with Crippen LogP contribution < -0.4 is 0 Å².